The van der Waals surface area contributed by atoms with Crippen molar-refractivity contribution in [2.75, 3.05) is 20.2 Å². The number of amides is 4. The maximum atomic E-state index is 14.0. The average molecular weight is 943 g/mol. The van der Waals surface area contributed by atoms with Gasteiger partial charge in [0.25, 0.3) is 5.91 Å². The Bertz CT molecular complexity index is 2480. The van der Waals surface area contributed by atoms with E-state index in [0.29, 0.717) is 12.1 Å². The molecule has 20 heteroatoms. The van der Waals surface area contributed by atoms with E-state index in [4.69, 9.17) is 9.47 Å². The number of likely N-dealkylation sites (tertiary alicyclic amines) is 1. The minimum absolute atomic E-state index is 0.00822. The van der Waals surface area contributed by atoms with Crippen molar-refractivity contribution < 1.29 is 60.1 Å². The molecule has 2 heterocycles. The number of aliphatic hydroxyl groups excluding tert-OH is 1. The van der Waals surface area contributed by atoms with Gasteiger partial charge in [-0.1, -0.05) is 57.2 Å². The molecule has 5 rings (SSSR count). The van der Waals surface area contributed by atoms with E-state index in [9.17, 15) is 55.9 Å². The molecule has 3 atom stereocenters. The van der Waals surface area contributed by atoms with Crippen molar-refractivity contribution >= 4 is 41.0 Å². The van der Waals surface area contributed by atoms with Gasteiger partial charge in [-0.15, -0.1) is 11.3 Å². The zero-order valence-electron chi connectivity index (χ0n) is 36.5. The van der Waals surface area contributed by atoms with Crippen LogP contribution in [0.4, 0.5) is 26.3 Å². The summed E-state index contributed by atoms with van der Waals surface area (Å²) in [6.45, 7) is 6.44. The predicted octanol–water partition coefficient (Wildman–Crippen LogP) is 7.36. The lowest BCUT2D eigenvalue weighted by Gasteiger charge is -2.35. The molecule has 0 saturated carbocycles. The van der Waals surface area contributed by atoms with Crippen LogP contribution in [-0.4, -0.2) is 77.0 Å². The summed E-state index contributed by atoms with van der Waals surface area (Å²) in [6.07, 6.45) is -9.85. The van der Waals surface area contributed by atoms with Gasteiger partial charge in [-0.2, -0.15) is 31.6 Å². The highest BCUT2D eigenvalue weighted by Crippen LogP contribution is 2.39. The number of aryl methyl sites for hydroxylation is 1. The highest BCUT2D eigenvalue weighted by molar-refractivity contribution is 7.13. The van der Waals surface area contributed by atoms with Crippen molar-refractivity contribution in [2.45, 2.75) is 90.6 Å². The number of benzene rings is 3. The Labute approximate surface area is 380 Å². The molecule has 4 amide bonds. The summed E-state index contributed by atoms with van der Waals surface area (Å²) in [5, 5.41) is 28.4. The fourth-order valence-electron chi connectivity index (χ4n) is 7.07. The van der Waals surface area contributed by atoms with Gasteiger partial charge in [-0.05, 0) is 65.8 Å². The SMILES string of the molecule is COc1cc(/C=C(\C#N)C(=O)NCCCC(=O)N[C@H](C(=O)N2C[C@H](O)C[C@H]2C(=O)NCc2ccc(-c3scnc3C)cc2)C(C)(C)C)ccc1OCc1ccc(C(F)(F)F)cc1C(F)(F)F. The number of nitrogens with zero attached hydrogens (tertiary/aromatic N) is 3. The summed E-state index contributed by atoms with van der Waals surface area (Å²) < 4.78 is 90.9. The zero-order chi connectivity index (χ0) is 48.6. The molecule has 0 aliphatic carbocycles. The number of methoxy groups -OCH3 is 1. The van der Waals surface area contributed by atoms with Crippen molar-refractivity contribution in [3.8, 4) is 28.0 Å². The molecule has 0 spiro atoms. The van der Waals surface area contributed by atoms with Crippen LogP contribution in [0.3, 0.4) is 0 Å². The second kappa shape index (κ2) is 21.2. The van der Waals surface area contributed by atoms with Gasteiger partial charge >= 0.3 is 12.4 Å². The largest absolute Gasteiger partial charge is 0.493 e. The molecule has 352 valence electrons. The number of hydrogen-bond donors (Lipinski definition) is 4. The Morgan fingerprint density at radius 1 is 0.985 bits per heavy atom. The standard InChI is InChI=1S/C46H48F6N6O7S/c1-26-39(66-25-56-26)29-11-8-27(9-12-29)22-55-42(62)35-20-33(59)23-58(35)43(63)40(44(2,3)4)57-38(60)7-6-16-54-41(61)31(21-53)17-28-10-15-36(37(18-28)64-5)65-24-30-13-14-32(45(47,48)49)19-34(30)46(50,51)52/h8-15,17-19,25,33,35,40,59H,6-7,16,20,22-24H2,1-5H3,(H,54,61)(H,55,62)(H,57,60)/b31-17+/t33-,35+,40-/m1/s1. The van der Waals surface area contributed by atoms with Gasteiger partial charge < -0.3 is 35.4 Å². The van der Waals surface area contributed by atoms with E-state index in [0.717, 1.165) is 21.7 Å². The molecule has 0 bridgehead atoms. The van der Waals surface area contributed by atoms with Crippen LogP contribution in [0.2, 0.25) is 0 Å². The van der Waals surface area contributed by atoms with Gasteiger partial charge in [0.1, 0.15) is 30.3 Å². The van der Waals surface area contributed by atoms with Crippen molar-refractivity contribution in [1.29, 1.82) is 5.26 Å². The Morgan fingerprint density at radius 3 is 2.30 bits per heavy atom. The van der Waals surface area contributed by atoms with Crippen LogP contribution in [-0.2, 0) is 44.7 Å². The molecule has 66 heavy (non-hydrogen) atoms. The molecule has 0 unspecified atom stereocenters. The number of rotatable bonds is 16. The summed E-state index contributed by atoms with van der Waals surface area (Å²) in [4.78, 5) is 60.1. The lowest BCUT2D eigenvalue weighted by Crippen LogP contribution is -2.57. The Morgan fingerprint density at radius 2 is 1.70 bits per heavy atom. The Hall–Kier alpha value is -6.46. The second-order valence-electron chi connectivity index (χ2n) is 16.5. The van der Waals surface area contributed by atoms with Gasteiger partial charge in [-0.3, -0.25) is 19.2 Å². The third kappa shape index (κ3) is 13.1. The third-order valence-electron chi connectivity index (χ3n) is 10.6. The fourth-order valence-corrected chi connectivity index (χ4v) is 7.88. The number of carbonyl (C=O) groups is 4. The smallest absolute Gasteiger partial charge is 0.416 e. The molecule has 1 saturated heterocycles. The van der Waals surface area contributed by atoms with Crippen LogP contribution in [0.5, 0.6) is 11.5 Å². The highest BCUT2D eigenvalue weighted by atomic mass is 32.1. The highest BCUT2D eigenvalue weighted by Gasteiger charge is 2.44. The molecule has 0 radical (unpaired) electrons. The average Bonchev–Trinajstić information content (AvgIpc) is 3.88. The maximum Gasteiger partial charge on any atom is 0.416 e. The number of aliphatic hydroxyl groups is 1. The summed E-state index contributed by atoms with van der Waals surface area (Å²) >= 11 is 1.53. The quantitative estimate of drug-likeness (QED) is 0.0386. The van der Waals surface area contributed by atoms with Gasteiger partial charge in [0.15, 0.2) is 11.5 Å². The molecule has 4 aromatic rings. The van der Waals surface area contributed by atoms with Gasteiger partial charge in [-0.25, -0.2) is 4.98 Å². The topological polar surface area (TPSA) is 183 Å². The van der Waals surface area contributed by atoms with Crippen molar-refractivity contribution in [3.63, 3.8) is 0 Å². The third-order valence-corrected chi connectivity index (χ3v) is 11.5. The van der Waals surface area contributed by atoms with Crippen LogP contribution in [0.15, 0.2) is 71.7 Å². The number of thiazole rings is 1. The van der Waals surface area contributed by atoms with Crippen LogP contribution >= 0.6 is 11.3 Å². The van der Waals surface area contributed by atoms with E-state index in [1.165, 1.54) is 47.6 Å². The number of ether oxygens (including phenoxy) is 2. The van der Waals surface area contributed by atoms with Gasteiger partial charge in [0.2, 0.25) is 17.7 Å². The number of hydrogen-bond acceptors (Lipinski definition) is 10. The zero-order valence-corrected chi connectivity index (χ0v) is 37.3. The summed E-state index contributed by atoms with van der Waals surface area (Å²) in [5.74, 6) is -2.39. The first-order valence-corrected chi connectivity index (χ1v) is 21.4. The molecular weight excluding hydrogens is 895 g/mol. The summed E-state index contributed by atoms with van der Waals surface area (Å²) in [6, 6.07) is 12.6. The molecule has 1 fully saturated rings. The van der Waals surface area contributed by atoms with E-state index in [-0.39, 0.29) is 67.6 Å². The normalized spacial score (nSPS) is 16.0. The maximum absolute atomic E-state index is 14.0. The number of alkyl halides is 6. The fraction of sp³-hybridized carbons (Fsp3) is 0.391. The lowest BCUT2D eigenvalue weighted by molar-refractivity contribution is -0.144. The van der Waals surface area contributed by atoms with Gasteiger partial charge in [0, 0.05) is 38.0 Å². The second-order valence-corrected chi connectivity index (χ2v) is 17.4. The van der Waals surface area contributed by atoms with Crippen LogP contribution in [0, 0.1) is 23.7 Å². The van der Waals surface area contributed by atoms with E-state index in [2.05, 4.69) is 20.9 Å². The first-order chi connectivity index (χ1) is 31.0. The molecular formula is C46H48F6N6O7S. The van der Waals surface area contributed by atoms with E-state index < -0.39 is 82.9 Å². The molecule has 13 nitrogen and oxygen atoms in total. The monoisotopic (exact) mass is 942 g/mol. The first-order valence-electron chi connectivity index (χ1n) is 20.5. The summed E-state index contributed by atoms with van der Waals surface area (Å²) in [7, 11) is 1.23. The molecule has 1 aliphatic heterocycles. The van der Waals surface area contributed by atoms with E-state index in [1.54, 1.807) is 32.4 Å². The Kier molecular flexibility index (Phi) is 16.3. The molecule has 1 aliphatic rings. The van der Waals surface area contributed by atoms with E-state index in [1.807, 2.05) is 31.2 Å². The first kappa shape index (κ1) is 50.5. The van der Waals surface area contributed by atoms with E-state index >= 15 is 0 Å². The molecule has 3 aromatic carbocycles. The number of β-amino-alcohol motifs (C(OH)–C–C–N with tert-alkyl or cyclic N) is 1. The minimum Gasteiger partial charge on any atom is -0.493 e. The lowest BCUT2D eigenvalue weighted by atomic mass is 9.85. The van der Waals surface area contributed by atoms with Crippen molar-refractivity contribution in [2.24, 2.45) is 5.41 Å². The van der Waals surface area contributed by atoms with Crippen molar-refractivity contribution in [1.82, 2.24) is 25.8 Å². The van der Waals surface area contributed by atoms with Crippen LogP contribution in [0.1, 0.15) is 73.5 Å². The molecule has 1 aromatic heterocycles. The number of halogens is 6. The number of carbonyl (C=O) groups excluding carboxylic acids is 4. The molecule has 4 N–H and O–H groups in total. The van der Waals surface area contributed by atoms with Crippen LogP contribution < -0.4 is 25.4 Å². The summed E-state index contributed by atoms with van der Waals surface area (Å²) in [5.41, 5.74) is 0.0852. The minimum atomic E-state index is -5.10. The predicted molar refractivity (Wildman–Crippen MR) is 231 cm³/mol. The number of nitriles is 1. The number of nitrogens with one attached hydrogen (secondary N) is 3. The number of aromatic nitrogens is 1. The van der Waals surface area contributed by atoms with Crippen molar-refractivity contribution in [3.05, 3.63) is 105 Å². The Balaban J connectivity index is 1.13. The van der Waals surface area contributed by atoms with Crippen LogP contribution in [0.25, 0.3) is 16.5 Å². The van der Waals surface area contributed by atoms with Gasteiger partial charge in [0.05, 0.1) is 40.4 Å².